The first-order valence-electron chi connectivity index (χ1n) is 8.35. The predicted octanol–water partition coefficient (Wildman–Crippen LogP) is 0.942. The number of hydrogen-bond donors (Lipinski definition) is 2. The Morgan fingerprint density at radius 1 is 1.39 bits per heavy atom. The second-order valence-corrected chi connectivity index (χ2v) is 6.55. The van der Waals surface area contributed by atoms with Crippen molar-refractivity contribution in [1.82, 2.24) is 15.2 Å². The van der Waals surface area contributed by atoms with Crippen molar-refractivity contribution < 1.29 is 14.6 Å². The molecule has 0 radical (unpaired) electrons. The maximum absolute atomic E-state index is 11.9. The van der Waals surface area contributed by atoms with E-state index in [1.165, 1.54) is 0 Å². The van der Waals surface area contributed by atoms with Crippen molar-refractivity contribution in [3.8, 4) is 5.88 Å². The summed E-state index contributed by atoms with van der Waals surface area (Å²) >= 11 is 0. The van der Waals surface area contributed by atoms with Crippen LogP contribution in [0.3, 0.4) is 0 Å². The molecule has 6 nitrogen and oxygen atoms in total. The molecule has 2 aliphatic rings. The number of likely N-dealkylation sites (tertiary alicyclic amines) is 1. The van der Waals surface area contributed by atoms with Gasteiger partial charge in [-0.1, -0.05) is 6.07 Å². The molecule has 23 heavy (non-hydrogen) atoms. The molecule has 1 aliphatic heterocycles. The van der Waals surface area contributed by atoms with Gasteiger partial charge < -0.3 is 15.2 Å². The molecule has 0 spiro atoms. The number of amides is 1. The summed E-state index contributed by atoms with van der Waals surface area (Å²) in [4.78, 5) is 18.5. The minimum Gasteiger partial charge on any atom is -0.481 e. The Hall–Kier alpha value is -1.66. The Balaban J connectivity index is 1.44. The fourth-order valence-corrected chi connectivity index (χ4v) is 3.04. The van der Waals surface area contributed by atoms with E-state index in [1.54, 1.807) is 7.11 Å². The topological polar surface area (TPSA) is 74.7 Å². The Kier molecular flexibility index (Phi) is 5.13. The van der Waals surface area contributed by atoms with Gasteiger partial charge in [-0.3, -0.25) is 9.69 Å². The molecule has 1 saturated carbocycles. The molecule has 3 rings (SSSR count). The molecule has 0 aromatic carbocycles. The van der Waals surface area contributed by atoms with Crippen LogP contribution in [-0.4, -0.2) is 53.2 Å². The van der Waals surface area contributed by atoms with Crippen LogP contribution in [0, 0.1) is 5.92 Å². The molecule has 1 amide bonds. The molecular formula is C17H25N3O3. The summed E-state index contributed by atoms with van der Waals surface area (Å²) in [5.74, 6) is 0.501. The van der Waals surface area contributed by atoms with Crippen LogP contribution in [0.2, 0.25) is 0 Å². The number of carbonyl (C=O) groups excluding carboxylic acids is 1. The lowest BCUT2D eigenvalue weighted by molar-refractivity contribution is -0.133. The van der Waals surface area contributed by atoms with E-state index in [0.29, 0.717) is 11.9 Å². The number of aliphatic hydroxyl groups excluding tert-OH is 1. The molecular weight excluding hydrogens is 294 g/mol. The van der Waals surface area contributed by atoms with Crippen LogP contribution in [0.1, 0.15) is 31.2 Å². The second kappa shape index (κ2) is 7.27. The zero-order chi connectivity index (χ0) is 16.2. The van der Waals surface area contributed by atoms with E-state index in [0.717, 1.165) is 50.9 Å². The number of nitrogens with one attached hydrogen (secondary N) is 1. The molecule has 1 aliphatic carbocycles. The van der Waals surface area contributed by atoms with Gasteiger partial charge in [-0.15, -0.1) is 0 Å². The monoisotopic (exact) mass is 319 g/mol. The van der Waals surface area contributed by atoms with Gasteiger partial charge in [0.1, 0.15) is 6.10 Å². The number of piperidine rings is 1. The molecule has 1 aromatic rings. The summed E-state index contributed by atoms with van der Waals surface area (Å²) in [6.07, 6.45) is 4.77. The molecule has 1 saturated heterocycles. The van der Waals surface area contributed by atoms with Gasteiger partial charge in [0, 0.05) is 24.8 Å². The van der Waals surface area contributed by atoms with E-state index in [9.17, 15) is 9.90 Å². The number of carbonyl (C=O) groups is 1. The fourth-order valence-electron chi connectivity index (χ4n) is 3.04. The van der Waals surface area contributed by atoms with Crippen molar-refractivity contribution in [3.05, 3.63) is 23.9 Å². The van der Waals surface area contributed by atoms with Crippen LogP contribution in [0.4, 0.5) is 0 Å². The Labute approximate surface area is 136 Å². The standard InChI is InChI=1S/C17H25N3O3/c1-23-15-5-2-12(10-18-15)11-20-8-6-13(7-9-20)16(21)17(22)19-14-3-4-14/h2,5,10,13-14,16,21H,3-4,6-9,11H2,1H3,(H,19,22). The number of methoxy groups -OCH3 is 1. The zero-order valence-corrected chi connectivity index (χ0v) is 13.6. The summed E-state index contributed by atoms with van der Waals surface area (Å²) < 4.78 is 5.06. The number of ether oxygens (including phenoxy) is 1. The van der Waals surface area contributed by atoms with Gasteiger partial charge >= 0.3 is 0 Å². The lowest BCUT2D eigenvalue weighted by atomic mass is 9.90. The van der Waals surface area contributed by atoms with Crippen LogP contribution in [0.5, 0.6) is 5.88 Å². The number of pyridine rings is 1. The maximum atomic E-state index is 11.9. The first kappa shape index (κ1) is 16.2. The van der Waals surface area contributed by atoms with Gasteiger partial charge in [0.15, 0.2) is 0 Å². The highest BCUT2D eigenvalue weighted by Crippen LogP contribution is 2.24. The number of aromatic nitrogens is 1. The third kappa shape index (κ3) is 4.42. The third-order valence-corrected chi connectivity index (χ3v) is 4.68. The fraction of sp³-hybridized carbons (Fsp3) is 0.647. The average Bonchev–Trinajstić information content (AvgIpc) is 3.39. The van der Waals surface area contributed by atoms with E-state index in [-0.39, 0.29) is 11.8 Å². The largest absolute Gasteiger partial charge is 0.481 e. The predicted molar refractivity (Wildman–Crippen MR) is 86.0 cm³/mol. The molecule has 2 fully saturated rings. The van der Waals surface area contributed by atoms with Gasteiger partial charge in [-0.05, 0) is 50.3 Å². The van der Waals surface area contributed by atoms with Crippen LogP contribution < -0.4 is 10.1 Å². The van der Waals surface area contributed by atoms with E-state index in [1.807, 2.05) is 18.3 Å². The summed E-state index contributed by atoms with van der Waals surface area (Å²) in [6, 6.07) is 4.20. The minimum absolute atomic E-state index is 0.0685. The van der Waals surface area contributed by atoms with Crippen molar-refractivity contribution in [2.75, 3.05) is 20.2 Å². The molecule has 1 unspecified atom stereocenters. The van der Waals surface area contributed by atoms with Crippen LogP contribution in [0.25, 0.3) is 0 Å². The maximum Gasteiger partial charge on any atom is 0.249 e. The van der Waals surface area contributed by atoms with E-state index >= 15 is 0 Å². The molecule has 2 heterocycles. The van der Waals surface area contributed by atoms with Gasteiger partial charge in [-0.25, -0.2) is 4.98 Å². The van der Waals surface area contributed by atoms with Crippen LogP contribution in [-0.2, 0) is 11.3 Å². The number of hydrogen-bond acceptors (Lipinski definition) is 5. The van der Waals surface area contributed by atoms with Crippen molar-refractivity contribution in [2.24, 2.45) is 5.92 Å². The molecule has 1 atom stereocenters. The molecule has 6 heteroatoms. The molecule has 1 aromatic heterocycles. The smallest absolute Gasteiger partial charge is 0.249 e. The number of nitrogens with zero attached hydrogens (tertiary/aromatic N) is 2. The number of rotatable bonds is 6. The first-order valence-corrected chi connectivity index (χ1v) is 8.35. The van der Waals surface area contributed by atoms with E-state index < -0.39 is 6.10 Å². The van der Waals surface area contributed by atoms with Gasteiger partial charge in [0.05, 0.1) is 7.11 Å². The van der Waals surface area contributed by atoms with Crippen molar-refractivity contribution in [1.29, 1.82) is 0 Å². The minimum atomic E-state index is -0.861. The zero-order valence-electron chi connectivity index (χ0n) is 13.6. The summed E-state index contributed by atoms with van der Waals surface area (Å²) in [6.45, 7) is 2.63. The molecule has 2 N–H and O–H groups in total. The SMILES string of the molecule is COc1ccc(CN2CCC(C(O)C(=O)NC3CC3)CC2)cn1. The summed E-state index contributed by atoms with van der Waals surface area (Å²) in [7, 11) is 1.61. The Morgan fingerprint density at radius 3 is 2.70 bits per heavy atom. The average molecular weight is 319 g/mol. The molecule has 126 valence electrons. The van der Waals surface area contributed by atoms with Crippen LogP contribution in [0.15, 0.2) is 18.3 Å². The van der Waals surface area contributed by atoms with Crippen molar-refractivity contribution in [3.63, 3.8) is 0 Å². The Bertz CT molecular complexity index is 522. The molecule has 0 bridgehead atoms. The van der Waals surface area contributed by atoms with Gasteiger partial charge in [0.25, 0.3) is 0 Å². The van der Waals surface area contributed by atoms with Crippen molar-refractivity contribution in [2.45, 2.75) is 44.4 Å². The quantitative estimate of drug-likeness (QED) is 0.816. The highest BCUT2D eigenvalue weighted by atomic mass is 16.5. The lowest BCUT2D eigenvalue weighted by Gasteiger charge is -2.33. The summed E-state index contributed by atoms with van der Waals surface area (Å²) in [5.41, 5.74) is 1.15. The third-order valence-electron chi connectivity index (χ3n) is 4.68. The van der Waals surface area contributed by atoms with E-state index in [4.69, 9.17) is 4.74 Å². The highest BCUT2D eigenvalue weighted by molar-refractivity contribution is 5.81. The highest BCUT2D eigenvalue weighted by Gasteiger charge is 2.32. The lowest BCUT2D eigenvalue weighted by Crippen LogP contribution is -2.44. The van der Waals surface area contributed by atoms with Gasteiger partial charge in [0.2, 0.25) is 11.8 Å². The Morgan fingerprint density at radius 2 is 2.13 bits per heavy atom. The second-order valence-electron chi connectivity index (χ2n) is 6.55. The normalized spacial score (nSPS) is 21.0. The van der Waals surface area contributed by atoms with Gasteiger partial charge in [-0.2, -0.15) is 0 Å². The van der Waals surface area contributed by atoms with Crippen LogP contribution >= 0.6 is 0 Å². The van der Waals surface area contributed by atoms with E-state index in [2.05, 4.69) is 15.2 Å². The number of aliphatic hydroxyl groups is 1. The summed E-state index contributed by atoms with van der Waals surface area (Å²) in [5, 5.41) is 13.1. The van der Waals surface area contributed by atoms with Crippen molar-refractivity contribution >= 4 is 5.91 Å². The first-order chi connectivity index (χ1) is 11.2.